The molecule has 0 aliphatic heterocycles. The molecule has 0 unspecified atom stereocenters. The van der Waals surface area contributed by atoms with Crippen molar-refractivity contribution in [3.05, 3.63) is 23.8 Å². The Morgan fingerprint density at radius 3 is 2.19 bits per heavy atom. The summed E-state index contributed by atoms with van der Waals surface area (Å²) in [5.41, 5.74) is 7.25. The molecule has 0 atom stereocenters. The van der Waals surface area contributed by atoms with Gasteiger partial charge in [-0.1, -0.05) is 6.07 Å². The van der Waals surface area contributed by atoms with Crippen molar-refractivity contribution in [2.45, 2.75) is 24.8 Å². The van der Waals surface area contributed by atoms with Crippen molar-refractivity contribution in [3.63, 3.8) is 0 Å². The number of hydrogen-bond acceptors (Lipinski definition) is 3. The highest BCUT2D eigenvalue weighted by Crippen LogP contribution is 2.41. The lowest BCUT2D eigenvalue weighted by molar-refractivity contribution is 0.252. The number of hydrogen-bond donors (Lipinski definition) is 1. The fourth-order valence-electron chi connectivity index (χ4n) is 1.99. The zero-order valence-corrected chi connectivity index (χ0v) is 10.5. The van der Waals surface area contributed by atoms with Gasteiger partial charge in [-0.15, -0.1) is 12.4 Å². The predicted octanol–water partition coefficient (Wildman–Crippen LogP) is 2.46. The maximum atomic E-state index is 6.24. The zero-order chi connectivity index (χ0) is 10.9. The van der Waals surface area contributed by atoms with Crippen LogP contribution in [0.15, 0.2) is 18.2 Å². The van der Waals surface area contributed by atoms with Crippen molar-refractivity contribution in [3.8, 4) is 11.5 Å². The van der Waals surface area contributed by atoms with Gasteiger partial charge < -0.3 is 15.2 Å². The van der Waals surface area contributed by atoms with Crippen LogP contribution in [0.1, 0.15) is 24.8 Å². The smallest absolute Gasteiger partial charge is 0.161 e. The quantitative estimate of drug-likeness (QED) is 0.887. The van der Waals surface area contributed by atoms with Crippen LogP contribution in [-0.2, 0) is 5.54 Å². The van der Waals surface area contributed by atoms with Crippen LogP contribution in [0.3, 0.4) is 0 Å². The average molecular weight is 244 g/mol. The summed E-state index contributed by atoms with van der Waals surface area (Å²) in [6.07, 6.45) is 3.33. The standard InChI is InChI=1S/C12H17NO2.ClH/c1-14-10-5-4-9(8-11(10)15-2)12(13)6-3-7-12;/h4-5,8H,3,6-7,13H2,1-2H3;1H. The van der Waals surface area contributed by atoms with Crippen molar-refractivity contribution < 1.29 is 9.47 Å². The third-order valence-corrected chi connectivity index (χ3v) is 3.20. The van der Waals surface area contributed by atoms with E-state index in [1.807, 2.05) is 18.2 Å². The highest BCUT2D eigenvalue weighted by Gasteiger charge is 2.34. The summed E-state index contributed by atoms with van der Waals surface area (Å²) in [5, 5.41) is 0. The van der Waals surface area contributed by atoms with E-state index in [0.29, 0.717) is 0 Å². The molecular weight excluding hydrogens is 226 g/mol. The first-order valence-electron chi connectivity index (χ1n) is 5.21. The van der Waals surface area contributed by atoms with Gasteiger partial charge >= 0.3 is 0 Å². The maximum Gasteiger partial charge on any atom is 0.161 e. The molecule has 0 heterocycles. The molecule has 1 aromatic carbocycles. The second kappa shape index (κ2) is 4.93. The minimum absolute atomic E-state index is 0. The van der Waals surface area contributed by atoms with Crippen molar-refractivity contribution in [2.24, 2.45) is 5.73 Å². The lowest BCUT2D eigenvalue weighted by Crippen LogP contribution is -2.43. The maximum absolute atomic E-state index is 6.24. The number of halogens is 1. The van der Waals surface area contributed by atoms with E-state index in [1.54, 1.807) is 14.2 Å². The van der Waals surface area contributed by atoms with E-state index in [1.165, 1.54) is 6.42 Å². The lowest BCUT2D eigenvalue weighted by atomic mass is 9.73. The van der Waals surface area contributed by atoms with Crippen molar-refractivity contribution in [2.75, 3.05) is 14.2 Å². The number of rotatable bonds is 3. The largest absolute Gasteiger partial charge is 0.493 e. The molecule has 2 rings (SSSR count). The summed E-state index contributed by atoms with van der Waals surface area (Å²) < 4.78 is 10.4. The first-order valence-corrected chi connectivity index (χ1v) is 5.21. The Morgan fingerprint density at radius 2 is 1.75 bits per heavy atom. The molecule has 4 heteroatoms. The summed E-state index contributed by atoms with van der Waals surface area (Å²) in [6, 6.07) is 5.93. The third-order valence-electron chi connectivity index (χ3n) is 3.20. The van der Waals surface area contributed by atoms with Gasteiger partial charge in [-0.2, -0.15) is 0 Å². The molecule has 3 nitrogen and oxygen atoms in total. The van der Waals surface area contributed by atoms with Crippen molar-refractivity contribution in [1.82, 2.24) is 0 Å². The third kappa shape index (κ3) is 2.11. The minimum atomic E-state index is -0.139. The van der Waals surface area contributed by atoms with Crippen molar-refractivity contribution >= 4 is 12.4 Å². The summed E-state index contributed by atoms with van der Waals surface area (Å²) in [4.78, 5) is 0. The Morgan fingerprint density at radius 1 is 1.12 bits per heavy atom. The molecule has 90 valence electrons. The van der Waals surface area contributed by atoms with E-state index in [-0.39, 0.29) is 17.9 Å². The minimum Gasteiger partial charge on any atom is -0.493 e. The highest BCUT2D eigenvalue weighted by molar-refractivity contribution is 5.85. The van der Waals surface area contributed by atoms with Crippen LogP contribution in [0.25, 0.3) is 0 Å². The Labute approximate surface area is 102 Å². The fraction of sp³-hybridized carbons (Fsp3) is 0.500. The van der Waals surface area contributed by atoms with Gasteiger partial charge in [-0.05, 0) is 37.0 Å². The fourth-order valence-corrected chi connectivity index (χ4v) is 1.99. The van der Waals surface area contributed by atoms with E-state index < -0.39 is 0 Å². The van der Waals surface area contributed by atoms with Crippen LogP contribution in [-0.4, -0.2) is 14.2 Å². The highest BCUT2D eigenvalue weighted by atomic mass is 35.5. The SMILES string of the molecule is COc1ccc(C2(N)CCC2)cc1OC.Cl. The molecule has 1 aliphatic rings. The lowest BCUT2D eigenvalue weighted by Gasteiger charge is -2.38. The summed E-state index contributed by atoms with van der Waals surface area (Å²) in [7, 11) is 3.28. The zero-order valence-electron chi connectivity index (χ0n) is 9.66. The molecule has 0 radical (unpaired) electrons. The number of ether oxygens (including phenoxy) is 2. The summed E-state index contributed by atoms with van der Waals surface area (Å²) in [6.45, 7) is 0. The Bertz CT molecular complexity index is 364. The molecule has 1 fully saturated rings. The molecule has 0 bridgehead atoms. The van der Waals surface area contributed by atoms with Gasteiger partial charge in [-0.25, -0.2) is 0 Å². The van der Waals surface area contributed by atoms with E-state index >= 15 is 0 Å². The van der Waals surface area contributed by atoms with E-state index in [9.17, 15) is 0 Å². The van der Waals surface area contributed by atoms with Gasteiger partial charge in [0.25, 0.3) is 0 Å². The molecule has 2 N–H and O–H groups in total. The van der Waals surface area contributed by atoms with E-state index in [4.69, 9.17) is 15.2 Å². The van der Waals surface area contributed by atoms with E-state index in [0.717, 1.165) is 29.9 Å². The molecular formula is C12H18ClNO2. The second-order valence-corrected chi connectivity index (χ2v) is 4.08. The van der Waals surface area contributed by atoms with Crippen LogP contribution in [0, 0.1) is 0 Å². The van der Waals surface area contributed by atoms with Crippen molar-refractivity contribution in [1.29, 1.82) is 0 Å². The van der Waals surface area contributed by atoms with Crippen LogP contribution >= 0.6 is 12.4 Å². The second-order valence-electron chi connectivity index (χ2n) is 4.08. The average Bonchev–Trinajstić information content (AvgIpc) is 2.25. The van der Waals surface area contributed by atoms with Gasteiger partial charge in [0, 0.05) is 5.54 Å². The topological polar surface area (TPSA) is 44.5 Å². The summed E-state index contributed by atoms with van der Waals surface area (Å²) >= 11 is 0. The molecule has 1 saturated carbocycles. The molecule has 16 heavy (non-hydrogen) atoms. The summed E-state index contributed by atoms with van der Waals surface area (Å²) in [5.74, 6) is 1.51. The number of methoxy groups -OCH3 is 2. The van der Waals surface area contributed by atoms with Gasteiger partial charge in [0.05, 0.1) is 14.2 Å². The molecule has 0 amide bonds. The Hall–Kier alpha value is -0.930. The van der Waals surface area contributed by atoms with E-state index in [2.05, 4.69) is 0 Å². The normalized spacial score (nSPS) is 16.9. The molecule has 1 aromatic rings. The first kappa shape index (κ1) is 13.1. The Kier molecular flexibility index (Phi) is 4.05. The number of nitrogens with two attached hydrogens (primary N) is 1. The van der Waals surface area contributed by atoms with Crippen LogP contribution in [0.2, 0.25) is 0 Å². The molecule has 0 aromatic heterocycles. The number of benzene rings is 1. The molecule has 1 aliphatic carbocycles. The molecule has 0 spiro atoms. The molecule has 0 saturated heterocycles. The van der Waals surface area contributed by atoms with Crippen LogP contribution in [0.5, 0.6) is 11.5 Å². The predicted molar refractivity (Wildman–Crippen MR) is 66.5 cm³/mol. The van der Waals surface area contributed by atoms with Crippen LogP contribution < -0.4 is 15.2 Å². The van der Waals surface area contributed by atoms with Gasteiger partial charge in [0.15, 0.2) is 11.5 Å². The Balaban J connectivity index is 0.00000128. The first-order chi connectivity index (χ1) is 7.19. The monoisotopic (exact) mass is 243 g/mol. The van der Waals surface area contributed by atoms with Gasteiger partial charge in [0.2, 0.25) is 0 Å². The van der Waals surface area contributed by atoms with Crippen LogP contribution in [0.4, 0.5) is 0 Å². The van der Waals surface area contributed by atoms with Gasteiger partial charge in [-0.3, -0.25) is 0 Å². The van der Waals surface area contributed by atoms with Gasteiger partial charge in [0.1, 0.15) is 0 Å².